The molecule has 3 aromatic rings. The number of alkyl halides is 2. The number of fused-ring (bicyclic) bond motifs is 1. The number of aromatic amines is 1. The number of aryl methyl sites for hydroxylation is 1. The van der Waals surface area contributed by atoms with Gasteiger partial charge in [-0.05, 0) is 43.2 Å². The van der Waals surface area contributed by atoms with Gasteiger partial charge in [-0.15, -0.1) is 0 Å². The Hall–Kier alpha value is -3.40. The molecule has 1 fully saturated rings. The van der Waals surface area contributed by atoms with Gasteiger partial charge in [0.1, 0.15) is 5.69 Å². The minimum atomic E-state index is -2.84. The molecule has 0 spiro atoms. The number of anilines is 1. The number of carbonyl (C=O) groups excluding carboxylic acids is 1. The standard InChI is InChI=1S/C23H26F2N6O2/c1-13-11-31(16-4-5-17(27-10-16)22(32)26-3)7-6-30(13)12-15-8-18-20(28-9-15)14(2)19(21(24)25)23(33)29-18/h4-5,8-10,13,21H,6-7,11-12H2,1-3H3,(H,26,32)(H,29,33)/t13-/m1/s1. The second-order valence-corrected chi connectivity index (χ2v) is 8.28. The molecule has 0 saturated carbocycles. The number of hydrogen-bond acceptors (Lipinski definition) is 6. The maximum absolute atomic E-state index is 13.2. The van der Waals surface area contributed by atoms with Crippen molar-refractivity contribution in [3.05, 3.63) is 63.3 Å². The first-order chi connectivity index (χ1) is 15.8. The van der Waals surface area contributed by atoms with E-state index in [2.05, 4.69) is 37.0 Å². The fourth-order valence-electron chi connectivity index (χ4n) is 4.27. The van der Waals surface area contributed by atoms with Crippen LogP contribution in [0.1, 0.15) is 40.5 Å². The average Bonchev–Trinajstić information content (AvgIpc) is 2.79. The summed E-state index contributed by atoms with van der Waals surface area (Å²) < 4.78 is 26.4. The van der Waals surface area contributed by atoms with Crippen LogP contribution in [0.25, 0.3) is 11.0 Å². The minimum Gasteiger partial charge on any atom is -0.367 e. The highest BCUT2D eigenvalue weighted by molar-refractivity contribution is 5.92. The molecule has 174 valence electrons. The molecule has 8 nitrogen and oxygen atoms in total. The fourth-order valence-corrected chi connectivity index (χ4v) is 4.27. The van der Waals surface area contributed by atoms with E-state index >= 15 is 0 Å². The molecule has 1 aliphatic rings. The minimum absolute atomic E-state index is 0.216. The molecule has 0 aromatic carbocycles. The molecular weight excluding hydrogens is 430 g/mol. The van der Waals surface area contributed by atoms with E-state index in [-0.39, 0.29) is 17.5 Å². The van der Waals surface area contributed by atoms with E-state index in [9.17, 15) is 18.4 Å². The summed E-state index contributed by atoms with van der Waals surface area (Å²) in [6.45, 7) is 6.65. The Bertz CT molecular complexity index is 1230. The Morgan fingerprint density at radius 2 is 2.06 bits per heavy atom. The van der Waals surface area contributed by atoms with Gasteiger partial charge in [0.05, 0.1) is 28.5 Å². The number of pyridine rings is 3. The van der Waals surface area contributed by atoms with Crippen LogP contribution >= 0.6 is 0 Å². The van der Waals surface area contributed by atoms with Crippen molar-refractivity contribution in [2.24, 2.45) is 0 Å². The first kappa shape index (κ1) is 22.8. The third-order valence-electron chi connectivity index (χ3n) is 6.14. The lowest BCUT2D eigenvalue weighted by Gasteiger charge is -2.41. The number of carbonyl (C=O) groups is 1. The molecule has 2 N–H and O–H groups in total. The molecule has 4 rings (SSSR count). The van der Waals surface area contributed by atoms with E-state index in [1.807, 2.05) is 12.1 Å². The number of nitrogens with one attached hydrogen (secondary N) is 2. The normalized spacial score (nSPS) is 17.0. The topological polar surface area (TPSA) is 94.2 Å². The third-order valence-corrected chi connectivity index (χ3v) is 6.14. The SMILES string of the molecule is CNC(=O)c1ccc(N2CCN(Cc3cnc4c(C)c(C(F)F)c(=O)[nH]c4c3)[C@H](C)C2)cn1. The molecule has 1 amide bonds. The Kier molecular flexibility index (Phi) is 6.37. The van der Waals surface area contributed by atoms with E-state index in [1.165, 1.54) is 6.92 Å². The van der Waals surface area contributed by atoms with Gasteiger partial charge in [-0.2, -0.15) is 0 Å². The second-order valence-electron chi connectivity index (χ2n) is 8.28. The average molecular weight is 456 g/mol. The van der Waals surface area contributed by atoms with Gasteiger partial charge in [0, 0.05) is 45.5 Å². The maximum atomic E-state index is 13.2. The number of nitrogens with zero attached hydrogens (tertiary/aromatic N) is 4. The Morgan fingerprint density at radius 1 is 1.27 bits per heavy atom. The van der Waals surface area contributed by atoms with Crippen LogP contribution in [0.15, 0.2) is 35.4 Å². The zero-order valence-corrected chi connectivity index (χ0v) is 18.7. The summed E-state index contributed by atoms with van der Waals surface area (Å²) in [5.74, 6) is -0.217. The lowest BCUT2D eigenvalue weighted by Crippen LogP contribution is -2.51. The summed E-state index contributed by atoms with van der Waals surface area (Å²) in [6.07, 6.45) is 0.558. The Balaban J connectivity index is 1.46. The van der Waals surface area contributed by atoms with Crippen LogP contribution in [0.5, 0.6) is 0 Å². The van der Waals surface area contributed by atoms with Crippen LogP contribution in [0.3, 0.4) is 0 Å². The number of amides is 1. The van der Waals surface area contributed by atoms with E-state index in [1.54, 1.807) is 25.5 Å². The quantitative estimate of drug-likeness (QED) is 0.613. The number of H-pyrrole nitrogens is 1. The van der Waals surface area contributed by atoms with Gasteiger partial charge in [0.15, 0.2) is 0 Å². The van der Waals surface area contributed by atoms with E-state index in [0.717, 1.165) is 30.9 Å². The molecule has 1 atom stereocenters. The first-order valence-corrected chi connectivity index (χ1v) is 10.7. The summed E-state index contributed by atoms with van der Waals surface area (Å²) >= 11 is 0. The number of hydrogen-bond donors (Lipinski definition) is 2. The monoisotopic (exact) mass is 456 g/mol. The highest BCUT2D eigenvalue weighted by Gasteiger charge is 2.25. The van der Waals surface area contributed by atoms with Crippen molar-refractivity contribution in [3.63, 3.8) is 0 Å². The van der Waals surface area contributed by atoms with Crippen LogP contribution in [0.2, 0.25) is 0 Å². The number of piperazine rings is 1. The van der Waals surface area contributed by atoms with Crippen LogP contribution in [0, 0.1) is 6.92 Å². The molecule has 0 unspecified atom stereocenters. The van der Waals surface area contributed by atoms with Crippen LogP contribution in [-0.2, 0) is 6.54 Å². The van der Waals surface area contributed by atoms with Gasteiger partial charge in [-0.3, -0.25) is 19.5 Å². The highest BCUT2D eigenvalue weighted by atomic mass is 19.3. The zero-order valence-electron chi connectivity index (χ0n) is 18.7. The number of halogens is 2. The highest BCUT2D eigenvalue weighted by Crippen LogP contribution is 2.25. The lowest BCUT2D eigenvalue weighted by molar-refractivity contribution is 0.0958. The van der Waals surface area contributed by atoms with Crippen molar-refractivity contribution in [3.8, 4) is 0 Å². The Labute approximate surface area is 189 Å². The van der Waals surface area contributed by atoms with Crippen molar-refractivity contribution in [1.29, 1.82) is 0 Å². The molecule has 0 aliphatic carbocycles. The van der Waals surface area contributed by atoms with Gasteiger partial charge in [-0.25, -0.2) is 13.8 Å². The van der Waals surface area contributed by atoms with Gasteiger partial charge in [-0.1, -0.05) is 0 Å². The molecule has 33 heavy (non-hydrogen) atoms. The molecule has 4 heterocycles. The third kappa shape index (κ3) is 4.56. The molecule has 3 aromatic heterocycles. The van der Waals surface area contributed by atoms with Gasteiger partial charge in [0.2, 0.25) is 0 Å². The maximum Gasteiger partial charge on any atom is 0.269 e. The van der Waals surface area contributed by atoms with Gasteiger partial charge in [0.25, 0.3) is 17.9 Å². The van der Waals surface area contributed by atoms with Crippen molar-refractivity contribution in [2.45, 2.75) is 32.9 Å². The number of aromatic nitrogens is 3. The van der Waals surface area contributed by atoms with Crippen molar-refractivity contribution >= 4 is 22.6 Å². The second kappa shape index (κ2) is 9.22. The summed E-state index contributed by atoms with van der Waals surface area (Å²) in [5.41, 5.74) is 2.02. The van der Waals surface area contributed by atoms with Gasteiger partial charge < -0.3 is 15.2 Å². The fraction of sp³-hybridized carbons (Fsp3) is 0.391. The Morgan fingerprint density at radius 3 is 2.70 bits per heavy atom. The lowest BCUT2D eigenvalue weighted by atomic mass is 10.1. The molecule has 10 heteroatoms. The van der Waals surface area contributed by atoms with Crippen molar-refractivity contribution in [2.75, 3.05) is 31.6 Å². The summed E-state index contributed by atoms with van der Waals surface area (Å²) in [5, 5.41) is 2.56. The predicted octanol–water partition coefficient (Wildman–Crippen LogP) is 2.63. The summed E-state index contributed by atoms with van der Waals surface area (Å²) in [6, 6.07) is 5.66. The summed E-state index contributed by atoms with van der Waals surface area (Å²) in [7, 11) is 1.57. The van der Waals surface area contributed by atoms with Crippen LogP contribution in [0.4, 0.5) is 14.5 Å². The van der Waals surface area contributed by atoms with Crippen LogP contribution in [-0.4, -0.2) is 58.5 Å². The van der Waals surface area contributed by atoms with Crippen molar-refractivity contribution in [1.82, 2.24) is 25.2 Å². The molecule has 0 bridgehead atoms. The predicted molar refractivity (Wildman–Crippen MR) is 122 cm³/mol. The number of rotatable bonds is 5. The van der Waals surface area contributed by atoms with E-state index in [4.69, 9.17) is 0 Å². The summed E-state index contributed by atoms with van der Waals surface area (Å²) in [4.78, 5) is 39.5. The van der Waals surface area contributed by atoms with Crippen LogP contribution < -0.4 is 15.8 Å². The van der Waals surface area contributed by atoms with E-state index in [0.29, 0.717) is 23.3 Å². The molecule has 0 radical (unpaired) electrons. The molecule has 1 saturated heterocycles. The smallest absolute Gasteiger partial charge is 0.269 e. The van der Waals surface area contributed by atoms with Gasteiger partial charge >= 0.3 is 0 Å². The molecular formula is C23H26F2N6O2. The zero-order chi connectivity index (χ0) is 23.7. The first-order valence-electron chi connectivity index (χ1n) is 10.7. The largest absolute Gasteiger partial charge is 0.367 e. The van der Waals surface area contributed by atoms with Crippen molar-refractivity contribution < 1.29 is 13.6 Å². The molecule has 1 aliphatic heterocycles. The van der Waals surface area contributed by atoms with E-state index < -0.39 is 17.5 Å².